The highest BCUT2D eigenvalue weighted by molar-refractivity contribution is 5.93. The van der Waals surface area contributed by atoms with Crippen LogP contribution in [0.15, 0.2) is 54.6 Å². The molecule has 1 atom stereocenters. The molecule has 154 valence electrons. The number of anilines is 2. The maximum atomic E-state index is 13.8. The first-order chi connectivity index (χ1) is 14.5. The summed E-state index contributed by atoms with van der Waals surface area (Å²) in [7, 11) is 0. The molecule has 1 N–H and O–H groups in total. The van der Waals surface area contributed by atoms with E-state index in [1.165, 1.54) is 12.1 Å². The van der Waals surface area contributed by atoms with E-state index in [2.05, 4.69) is 15.5 Å². The van der Waals surface area contributed by atoms with Crippen molar-refractivity contribution in [1.29, 1.82) is 0 Å². The molecule has 1 amide bonds. The molecule has 1 fully saturated rings. The zero-order chi connectivity index (χ0) is 21.1. The van der Waals surface area contributed by atoms with Crippen LogP contribution in [0.25, 0.3) is 11.3 Å². The summed E-state index contributed by atoms with van der Waals surface area (Å²) in [5, 5.41) is 10.9. The summed E-state index contributed by atoms with van der Waals surface area (Å²) in [4.78, 5) is 14.5. The molecule has 2 heterocycles. The van der Waals surface area contributed by atoms with Gasteiger partial charge in [0.05, 0.1) is 17.3 Å². The predicted octanol–water partition coefficient (Wildman–Crippen LogP) is 4.42. The van der Waals surface area contributed by atoms with Gasteiger partial charge in [-0.05, 0) is 61.4 Å². The van der Waals surface area contributed by atoms with Gasteiger partial charge in [-0.2, -0.15) is 0 Å². The highest BCUT2D eigenvalue weighted by atomic mass is 19.1. The van der Waals surface area contributed by atoms with Crippen LogP contribution in [0.1, 0.15) is 12.8 Å². The number of amides is 1. The minimum absolute atomic E-state index is 0.166. The van der Waals surface area contributed by atoms with Crippen LogP contribution in [-0.4, -0.2) is 29.2 Å². The van der Waals surface area contributed by atoms with E-state index in [4.69, 9.17) is 0 Å². The fraction of sp³-hybridized carbons (Fsp3) is 0.227. The van der Waals surface area contributed by atoms with Crippen molar-refractivity contribution < 1.29 is 18.0 Å². The Balaban J connectivity index is 1.43. The van der Waals surface area contributed by atoms with E-state index in [1.54, 1.807) is 24.3 Å². The zero-order valence-electron chi connectivity index (χ0n) is 16.0. The number of hydrogen-bond acceptors (Lipinski definition) is 4. The summed E-state index contributed by atoms with van der Waals surface area (Å²) < 4.78 is 40.2. The van der Waals surface area contributed by atoms with Crippen molar-refractivity contribution in [3.05, 3.63) is 72.0 Å². The zero-order valence-corrected chi connectivity index (χ0v) is 16.0. The van der Waals surface area contributed by atoms with Gasteiger partial charge in [0.1, 0.15) is 17.5 Å². The van der Waals surface area contributed by atoms with Crippen molar-refractivity contribution in [2.75, 3.05) is 23.3 Å². The van der Waals surface area contributed by atoms with Crippen molar-refractivity contribution in [1.82, 2.24) is 10.2 Å². The van der Waals surface area contributed by atoms with Gasteiger partial charge < -0.3 is 10.2 Å². The largest absolute Gasteiger partial charge is 0.354 e. The van der Waals surface area contributed by atoms with Crippen molar-refractivity contribution in [2.45, 2.75) is 12.8 Å². The van der Waals surface area contributed by atoms with Crippen LogP contribution in [-0.2, 0) is 4.79 Å². The number of benzene rings is 2. The molecule has 1 saturated heterocycles. The van der Waals surface area contributed by atoms with Crippen molar-refractivity contribution in [3.63, 3.8) is 0 Å². The molecular weight excluding hydrogens is 393 g/mol. The molecule has 0 radical (unpaired) electrons. The lowest BCUT2D eigenvalue weighted by atomic mass is 9.97. The molecule has 3 aromatic rings. The van der Waals surface area contributed by atoms with Crippen LogP contribution in [0, 0.1) is 23.4 Å². The van der Waals surface area contributed by atoms with Crippen LogP contribution in [0.2, 0.25) is 0 Å². The number of aromatic nitrogens is 2. The van der Waals surface area contributed by atoms with Crippen molar-refractivity contribution >= 4 is 17.4 Å². The van der Waals surface area contributed by atoms with E-state index < -0.39 is 11.6 Å². The summed E-state index contributed by atoms with van der Waals surface area (Å²) in [6, 6.07) is 12.5. The van der Waals surface area contributed by atoms with E-state index in [0.29, 0.717) is 31.0 Å². The van der Waals surface area contributed by atoms with Gasteiger partial charge in [0.25, 0.3) is 0 Å². The Morgan fingerprint density at radius 1 is 0.967 bits per heavy atom. The fourth-order valence-electron chi connectivity index (χ4n) is 3.50. The molecule has 1 aliphatic rings. The Hall–Kier alpha value is -3.42. The molecule has 0 aliphatic carbocycles. The molecule has 2 aromatic carbocycles. The van der Waals surface area contributed by atoms with Crippen LogP contribution >= 0.6 is 0 Å². The molecule has 1 unspecified atom stereocenters. The minimum atomic E-state index is -0.681. The first kappa shape index (κ1) is 19.9. The smallest absolute Gasteiger partial charge is 0.229 e. The number of piperidine rings is 1. The van der Waals surface area contributed by atoms with Crippen LogP contribution in [0.5, 0.6) is 0 Å². The van der Waals surface area contributed by atoms with E-state index in [9.17, 15) is 18.0 Å². The van der Waals surface area contributed by atoms with Gasteiger partial charge in [-0.3, -0.25) is 4.79 Å². The first-order valence-corrected chi connectivity index (χ1v) is 9.60. The molecule has 1 aliphatic heterocycles. The number of halogens is 3. The third kappa shape index (κ3) is 4.42. The van der Waals surface area contributed by atoms with E-state index >= 15 is 0 Å². The lowest BCUT2D eigenvalue weighted by molar-refractivity contribution is -0.120. The monoisotopic (exact) mass is 412 g/mol. The second-order valence-electron chi connectivity index (χ2n) is 7.18. The Kier molecular flexibility index (Phi) is 5.65. The normalized spacial score (nSPS) is 16.4. The molecule has 0 spiro atoms. The maximum Gasteiger partial charge on any atom is 0.229 e. The Morgan fingerprint density at radius 3 is 2.47 bits per heavy atom. The average Bonchev–Trinajstić information content (AvgIpc) is 2.77. The molecule has 5 nitrogen and oxygen atoms in total. The minimum Gasteiger partial charge on any atom is -0.354 e. The quantitative estimate of drug-likeness (QED) is 0.690. The average molecular weight is 412 g/mol. The Morgan fingerprint density at radius 2 is 1.73 bits per heavy atom. The van der Waals surface area contributed by atoms with Crippen LogP contribution in [0.4, 0.5) is 24.7 Å². The summed E-state index contributed by atoms with van der Waals surface area (Å²) in [6.07, 6.45) is 1.39. The third-order valence-corrected chi connectivity index (χ3v) is 5.09. The van der Waals surface area contributed by atoms with Crippen LogP contribution in [0.3, 0.4) is 0 Å². The maximum absolute atomic E-state index is 13.8. The Bertz CT molecular complexity index is 1040. The summed E-state index contributed by atoms with van der Waals surface area (Å²) in [5.74, 6) is -1.75. The SMILES string of the molecule is O=C(Nc1cc(F)ccc1F)C1CCCN(c2ccc(-c3ccc(F)cc3)nn2)C1. The molecule has 30 heavy (non-hydrogen) atoms. The topological polar surface area (TPSA) is 58.1 Å². The second-order valence-corrected chi connectivity index (χ2v) is 7.18. The number of nitrogens with one attached hydrogen (secondary N) is 1. The van der Waals surface area contributed by atoms with Gasteiger partial charge in [0, 0.05) is 24.7 Å². The lowest BCUT2D eigenvalue weighted by Crippen LogP contribution is -2.41. The highest BCUT2D eigenvalue weighted by Gasteiger charge is 2.27. The molecule has 0 bridgehead atoms. The van der Waals surface area contributed by atoms with Gasteiger partial charge in [-0.15, -0.1) is 10.2 Å². The number of rotatable bonds is 4. The molecule has 0 saturated carbocycles. The number of nitrogens with zero attached hydrogens (tertiary/aromatic N) is 3. The van der Waals surface area contributed by atoms with Gasteiger partial charge in [0.2, 0.25) is 5.91 Å². The third-order valence-electron chi connectivity index (χ3n) is 5.09. The van der Waals surface area contributed by atoms with Crippen LogP contribution < -0.4 is 10.2 Å². The van der Waals surface area contributed by atoms with Gasteiger partial charge in [-0.25, -0.2) is 13.2 Å². The Labute approximate surface area is 171 Å². The number of carbonyl (C=O) groups excluding carboxylic acids is 1. The molecule has 1 aromatic heterocycles. The van der Waals surface area contributed by atoms with Gasteiger partial charge >= 0.3 is 0 Å². The van der Waals surface area contributed by atoms with E-state index in [-0.39, 0.29) is 23.3 Å². The predicted molar refractivity (Wildman–Crippen MR) is 107 cm³/mol. The standard InChI is InChI=1S/C22H19F3N4O/c23-16-5-3-14(4-6-16)19-9-10-21(28-27-19)29-11-1-2-15(13-29)22(30)26-20-12-17(24)7-8-18(20)25/h3-10,12,15H,1-2,11,13H2,(H,26,30). The first-order valence-electron chi connectivity index (χ1n) is 9.60. The highest BCUT2D eigenvalue weighted by Crippen LogP contribution is 2.25. The van der Waals surface area contributed by atoms with E-state index in [0.717, 1.165) is 30.2 Å². The lowest BCUT2D eigenvalue weighted by Gasteiger charge is -2.32. The number of carbonyl (C=O) groups is 1. The van der Waals surface area contributed by atoms with Crippen molar-refractivity contribution in [3.8, 4) is 11.3 Å². The van der Waals surface area contributed by atoms with Crippen molar-refractivity contribution in [2.24, 2.45) is 5.92 Å². The molecule has 4 rings (SSSR count). The summed E-state index contributed by atoms with van der Waals surface area (Å²) in [6.45, 7) is 1.11. The van der Waals surface area contributed by atoms with Gasteiger partial charge in [-0.1, -0.05) is 0 Å². The van der Waals surface area contributed by atoms with Gasteiger partial charge in [0.15, 0.2) is 5.82 Å². The summed E-state index contributed by atoms with van der Waals surface area (Å²) in [5.41, 5.74) is 1.20. The number of hydrogen-bond donors (Lipinski definition) is 1. The second kappa shape index (κ2) is 8.52. The van der Waals surface area contributed by atoms with E-state index in [1.807, 2.05) is 4.90 Å². The summed E-state index contributed by atoms with van der Waals surface area (Å²) >= 11 is 0. The molecular formula is C22H19F3N4O. The molecule has 8 heteroatoms. The fourth-order valence-corrected chi connectivity index (χ4v) is 3.50.